The maximum absolute atomic E-state index is 10.7. The number of aromatic nitrogens is 2. The highest BCUT2D eigenvalue weighted by molar-refractivity contribution is 5.77. The van der Waals surface area contributed by atoms with E-state index in [1.165, 1.54) is 5.56 Å². The van der Waals surface area contributed by atoms with E-state index in [2.05, 4.69) is 9.97 Å². The summed E-state index contributed by atoms with van der Waals surface area (Å²) in [4.78, 5) is 18.1. The van der Waals surface area contributed by atoms with E-state index in [1.807, 2.05) is 26.0 Å². The van der Waals surface area contributed by atoms with Crippen LogP contribution in [0.15, 0.2) is 12.1 Å². The van der Waals surface area contributed by atoms with Crippen LogP contribution >= 0.6 is 0 Å². The molecule has 0 aliphatic carbocycles. The fourth-order valence-electron chi connectivity index (χ4n) is 1.71. The van der Waals surface area contributed by atoms with Crippen LogP contribution in [0.1, 0.15) is 17.0 Å². The van der Waals surface area contributed by atoms with E-state index in [4.69, 9.17) is 10.8 Å². The first-order chi connectivity index (χ1) is 7.97. The van der Waals surface area contributed by atoms with E-state index >= 15 is 0 Å². The van der Waals surface area contributed by atoms with E-state index in [-0.39, 0.29) is 6.42 Å². The number of carboxylic acids is 1. The molecule has 0 saturated carbocycles. The molecule has 0 spiro atoms. The lowest BCUT2D eigenvalue weighted by molar-refractivity contribution is -0.138. The van der Waals surface area contributed by atoms with Gasteiger partial charge in [0.25, 0.3) is 0 Å². The van der Waals surface area contributed by atoms with Crippen molar-refractivity contribution >= 4 is 17.0 Å². The van der Waals surface area contributed by atoms with Crippen LogP contribution in [0.3, 0.4) is 0 Å². The molecule has 0 radical (unpaired) electrons. The Kier molecular flexibility index (Phi) is 2.85. The minimum Gasteiger partial charge on any atom is -0.480 e. The standard InChI is InChI=1S/C12H15N3O2/c1-6-3-9-10(4-7(6)2)15-11(14-9)5-8(13)12(16)17/h3-4,8H,5,13H2,1-2H3,(H,14,15)(H,16,17)/t8-/m1/s1. The SMILES string of the molecule is Cc1cc2nc(C[C@@H](N)C(=O)O)[nH]c2cc1C. The Hall–Kier alpha value is -1.88. The van der Waals surface area contributed by atoms with Crippen LogP contribution in [0.4, 0.5) is 0 Å². The van der Waals surface area contributed by atoms with Gasteiger partial charge in [-0.25, -0.2) is 4.98 Å². The quantitative estimate of drug-likeness (QED) is 0.741. The Labute approximate surface area is 98.7 Å². The van der Waals surface area contributed by atoms with Crippen molar-refractivity contribution in [2.24, 2.45) is 5.73 Å². The summed E-state index contributed by atoms with van der Waals surface area (Å²) in [5, 5.41) is 8.74. The second-order valence-corrected chi connectivity index (χ2v) is 4.29. The number of hydrogen-bond acceptors (Lipinski definition) is 3. The van der Waals surface area contributed by atoms with Crippen molar-refractivity contribution in [2.45, 2.75) is 26.3 Å². The Bertz CT molecular complexity index is 535. The largest absolute Gasteiger partial charge is 0.480 e. The van der Waals surface area contributed by atoms with Gasteiger partial charge in [-0.05, 0) is 37.1 Å². The maximum atomic E-state index is 10.7. The van der Waals surface area contributed by atoms with Crippen LogP contribution < -0.4 is 5.73 Å². The lowest BCUT2D eigenvalue weighted by Crippen LogP contribution is -2.32. The normalized spacial score (nSPS) is 12.9. The number of nitrogens with one attached hydrogen (secondary N) is 1. The van der Waals surface area contributed by atoms with Crippen molar-refractivity contribution in [3.8, 4) is 0 Å². The highest BCUT2D eigenvalue weighted by Gasteiger charge is 2.14. The van der Waals surface area contributed by atoms with E-state index in [1.54, 1.807) is 0 Å². The Morgan fingerprint density at radius 3 is 2.76 bits per heavy atom. The van der Waals surface area contributed by atoms with Gasteiger partial charge in [-0.1, -0.05) is 0 Å². The number of aromatic amines is 1. The number of aliphatic carboxylic acids is 1. The van der Waals surface area contributed by atoms with Gasteiger partial charge in [0.05, 0.1) is 11.0 Å². The number of H-pyrrole nitrogens is 1. The number of carbonyl (C=O) groups is 1. The molecule has 0 fully saturated rings. The summed E-state index contributed by atoms with van der Waals surface area (Å²) in [5.41, 5.74) is 9.58. The molecular formula is C12H15N3O2. The second kappa shape index (κ2) is 4.18. The summed E-state index contributed by atoms with van der Waals surface area (Å²) in [6.45, 7) is 4.05. The topological polar surface area (TPSA) is 92.0 Å². The Morgan fingerprint density at radius 2 is 2.12 bits per heavy atom. The monoisotopic (exact) mass is 233 g/mol. The molecule has 5 nitrogen and oxygen atoms in total. The van der Waals surface area contributed by atoms with E-state index in [0.29, 0.717) is 5.82 Å². The summed E-state index contributed by atoms with van der Waals surface area (Å²) < 4.78 is 0. The fourth-order valence-corrected chi connectivity index (χ4v) is 1.71. The molecule has 1 heterocycles. The number of hydrogen-bond donors (Lipinski definition) is 3. The lowest BCUT2D eigenvalue weighted by atomic mass is 10.1. The smallest absolute Gasteiger partial charge is 0.320 e. The van der Waals surface area contributed by atoms with Gasteiger partial charge < -0.3 is 15.8 Å². The van der Waals surface area contributed by atoms with Crippen molar-refractivity contribution in [1.29, 1.82) is 0 Å². The number of carboxylic acid groups (broad SMARTS) is 1. The third-order valence-electron chi connectivity index (χ3n) is 2.88. The third-order valence-corrected chi connectivity index (χ3v) is 2.88. The molecule has 17 heavy (non-hydrogen) atoms. The predicted octanol–water partition coefficient (Wildman–Crippen LogP) is 1.13. The zero-order chi connectivity index (χ0) is 12.6. The second-order valence-electron chi connectivity index (χ2n) is 4.29. The van der Waals surface area contributed by atoms with Gasteiger partial charge in [-0.2, -0.15) is 0 Å². The highest BCUT2D eigenvalue weighted by atomic mass is 16.4. The number of benzene rings is 1. The number of fused-ring (bicyclic) bond motifs is 1. The molecule has 1 aromatic carbocycles. The molecule has 1 aromatic heterocycles. The number of aryl methyl sites for hydroxylation is 2. The van der Waals surface area contributed by atoms with Gasteiger partial charge in [0.2, 0.25) is 0 Å². The van der Waals surface area contributed by atoms with Crippen molar-refractivity contribution in [2.75, 3.05) is 0 Å². The van der Waals surface area contributed by atoms with Gasteiger partial charge in [-0.15, -0.1) is 0 Å². The van der Waals surface area contributed by atoms with Gasteiger partial charge >= 0.3 is 5.97 Å². The van der Waals surface area contributed by atoms with E-state index < -0.39 is 12.0 Å². The summed E-state index contributed by atoms with van der Waals surface area (Å²) in [6, 6.07) is 3.07. The van der Waals surface area contributed by atoms with Crippen LogP contribution in [0, 0.1) is 13.8 Å². The molecule has 5 heteroatoms. The molecule has 0 bridgehead atoms. The molecule has 0 aliphatic rings. The maximum Gasteiger partial charge on any atom is 0.320 e. The van der Waals surface area contributed by atoms with Crippen molar-refractivity contribution in [1.82, 2.24) is 9.97 Å². The molecule has 2 rings (SSSR count). The average molecular weight is 233 g/mol. The van der Waals surface area contributed by atoms with Crippen LogP contribution in [0.5, 0.6) is 0 Å². The minimum atomic E-state index is -1.02. The van der Waals surface area contributed by atoms with Crippen LogP contribution in [0.25, 0.3) is 11.0 Å². The predicted molar refractivity (Wildman–Crippen MR) is 64.9 cm³/mol. The Balaban J connectivity index is 2.35. The first-order valence-electron chi connectivity index (χ1n) is 5.41. The molecule has 0 unspecified atom stereocenters. The van der Waals surface area contributed by atoms with E-state index in [9.17, 15) is 4.79 Å². The number of rotatable bonds is 3. The van der Waals surface area contributed by atoms with Crippen LogP contribution in [-0.4, -0.2) is 27.1 Å². The first kappa shape index (κ1) is 11.6. The van der Waals surface area contributed by atoms with Gasteiger partial charge in [0, 0.05) is 6.42 Å². The summed E-state index contributed by atoms with van der Waals surface area (Å²) in [5.74, 6) is -0.405. The number of imidazole rings is 1. The van der Waals surface area contributed by atoms with Crippen molar-refractivity contribution < 1.29 is 9.90 Å². The van der Waals surface area contributed by atoms with Crippen molar-refractivity contribution in [3.05, 3.63) is 29.1 Å². The third kappa shape index (κ3) is 2.29. The van der Waals surface area contributed by atoms with Gasteiger partial charge in [0.1, 0.15) is 11.9 Å². The molecule has 0 amide bonds. The summed E-state index contributed by atoms with van der Waals surface area (Å²) >= 11 is 0. The molecule has 0 saturated heterocycles. The first-order valence-corrected chi connectivity index (χ1v) is 5.41. The van der Waals surface area contributed by atoms with Crippen molar-refractivity contribution in [3.63, 3.8) is 0 Å². The van der Waals surface area contributed by atoms with E-state index in [0.717, 1.165) is 16.6 Å². The Morgan fingerprint density at radius 1 is 1.47 bits per heavy atom. The van der Waals surface area contributed by atoms with Gasteiger partial charge in [-0.3, -0.25) is 4.79 Å². The molecular weight excluding hydrogens is 218 g/mol. The van der Waals surface area contributed by atoms with Gasteiger partial charge in [0.15, 0.2) is 0 Å². The zero-order valence-electron chi connectivity index (χ0n) is 9.82. The fraction of sp³-hybridized carbons (Fsp3) is 0.333. The van der Waals surface area contributed by atoms with Crippen LogP contribution in [-0.2, 0) is 11.2 Å². The summed E-state index contributed by atoms with van der Waals surface area (Å²) in [7, 11) is 0. The number of nitrogens with two attached hydrogens (primary N) is 1. The molecule has 1 atom stereocenters. The highest BCUT2D eigenvalue weighted by Crippen LogP contribution is 2.17. The lowest BCUT2D eigenvalue weighted by Gasteiger charge is -2.01. The number of nitrogens with zero attached hydrogens (tertiary/aromatic N) is 1. The molecule has 90 valence electrons. The molecule has 4 N–H and O–H groups in total. The zero-order valence-corrected chi connectivity index (χ0v) is 9.82. The minimum absolute atomic E-state index is 0.210. The average Bonchev–Trinajstić information content (AvgIpc) is 2.60. The molecule has 2 aromatic rings. The van der Waals surface area contributed by atoms with Crippen LogP contribution in [0.2, 0.25) is 0 Å². The summed E-state index contributed by atoms with van der Waals surface area (Å²) in [6.07, 6.45) is 0.210. The molecule has 0 aliphatic heterocycles.